The monoisotopic (exact) mass is 276 g/mol. The molecule has 2 aromatic rings. The van der Waals surface area contributed by atoms with Gasteiger partial charge >= 0.3 is 0 Å². The molecule has 0 saturated carbocycles. The molecule has 0 saturated heterocycles. The van der Waals surface area contributed by atoms with E-state index in [1.807, 2.05) is 13.0 Å². The Bertz CT molecular complexity index is 662. The van der Waals surface area contributed by atoms with Crippen molar-refractivity contribution in [1.82, 2.24) is 0 Å². The first-order valence-corrected chi connectivity index (χ1v) is 6.78. The van der Waals surface area contributed by atoms with Crippen LogP contribution in [0.5, 0.6) is 0 Å². The second kappa shape index (κ2) is 4.97. The van der Waals surface area contributed by atoms with E-state index in [-0.39, 0.29) is 11.7 Å². The summed E-state index contributed by atoms with van der Waals surface area (Å²) in [7, 11) is 0. The van der Waals surface area contributed by atoms with Gasteiger partial charge in [0.1, 0.15) is 5.82 Å². The van der Waals surface area contributed by atoms with Gasteiger partial charge in [0.15, 0.2) is 11.6 Å². The Labute approximate surface area is 116 Å². The number of halogens is 3. The van der Waals surface area contributed by atoms with E-state index in [4.69, 9.17) is 0 Å². The molecule has 0 aromatic heterocycles. The number of hydrogen-bond donors (Lipinski definition) is 0. The zero-order valence-corrected chi connectivity index (χ0v) is 11.2. The Morgan fingerprint density at radius 2 is 1.80 bits per heavy atom. The summed E-state index contributed by atoms with van der Waals surface area (Å²) in [5, 5.41) is 0. The van der Waals surface area contributed by atoms with Crippen LogP contribution in [0.15, 0.2) is 30.3 Å². The largest absolute Gasteiger partial charge is 0.207 e. The van der Waals surface area contributed by atoms with Gasteiger partial charge in [0.05, 0.1) is 0 Å². The number of hydrogen-bond acceptors (Lipinski definition) is 0. The molecule has 20 heavy (non-hydrogen) atoms. The molecule has 104 valence electrons. The molecule has 0 aliphatic heterocycles. The normalized spacial score (nSPS) is 17.9. The van der Waals surface area contributed by atoms with E-state index < -0.39 is 11.6 Å². The topological polar surface area (TPSA) is 0 Å². The third kappa shape index (κ3) is 2.21. The summed E-state index contributed by atoms with van der Waals surface area (Å²) in [6.45, 7) is 1.83. The summed E-state index contributed by atoms with van der Waals surface area (Å²) in [5.74, 6) is -1.94. The van der Waals surface area contributed by atoms with Crippen molar-refractivity contribution in [2.45, 2.75) is 32.1 Å². The molecule has 0 spiro atoms. The van der Waals surface area contributed by atoms with Gasteiger partial charge in [-0.05, 0) is 66.5 Å². The number of benzene rings is 2. The second-order valence-electron chi connectivity index (χ2n) is 5.46. The predicted octanol–water partition coefficient (Wildman–Crippen LogP) is 4.68. The summed E-state index contributed by atoms with van der Waals surface area (Å²) in [4.78, 5) is 0. The number of fused-ring (bicyclic) bond motifs is 1. The standard InChI is InChI=1S/C17H15F3/c1-10-2-6-13(16(19)8-10)12-4-3-11-5-7-15(18)17(20)14(11)9-12/h2,5-8,12H,3-4,9H2,1H3. The smallest absolute Gasteiger partial charge is 0.162 e. The number of aryl methyl sites for hydroxylation is 2. The third-order valence-electron chi connectivity index (χ3n) is 4.10. The van der Waals surface area contributed by atoms with Gasteiger partial charge in [-0.2, -0.15) is 0 Å². The molecule has 0 N–H and O–H groups in total. The molecule has 3 rings (SSSR count). The molecule has 3 heteroatoms. The molecule has 0 radical (unpaired) electrons. The fourth-order valence-corrected chi connectivity index (χ4v) is 2.99. The maximum atomic E-state index is 14.0. The Hall–Kier alpha value is -1.77. The third-order valence-corrected chi connectivity index (χ3v) is 4.10. The molecule has 0 heterocycles. The van der Waals surface area contributed by atoms with Crippen LogP contribution in [0.2, 0.25) is 0 Å². The first-order chi connectivity index (χ1) is 9.56. The summed E-state index contributed by atoms with van der Waals surface area (Å²) >= 11 is 0. The fraction of sp³-hybridized carbons (Fsp3) is 0.294. The van der Waals surface area contributed by atoms with Crippen molar-refractivity contribution in [1.29, 1.82) is 0 Å². The van der Waals surface area contributed by atoms with Crippen LogP contribution in [0.4, 0.5) is 13.2 Å². The lowest BCUT2D eigenvalue weighted by Crippen LogP contribution is -2.16. The van der Waals surface area contributed by atoms with E-state index in [0.29, 0.717) is 24.0 Å². The minimum atomic E-state index is -0.825. The average Bonchev–Trinajstić information content (AvgIpc) is 2.43. The number of rotatable bonds is 1. The minimum Gasteiger partial charge on any atom is -0.207 e. The van der Waals surface area contributed by atoms with E-state index in [1.54, 1.807) is 12.1 Å². The van der Waals surface area contributed by atoms with E-state index >= 15 is 0 Å². The summed E-state index contributed by atoms with van der Waals surface area (Å²) in [6.07, 6.45) is 1.78. The molecular formula is C17H15F3. The Balaban J connectivity index is 1.97. The molecule has 0 amide bonds. The van der Waals surface area contributed by atoms with Gasteiger partial charge in [-0.3, -0.25) is 0 Å². The van der Waals surface area contributed by atoms with Gasteiger partial charge in [-0.25, -0.2) is 13.2 Å². The van der Waals surface area contributed by atoms with E-state index in [1.165, 1.54) is 12.1 Å². The molecule has 1 aliphatic rings. The van der Waals surface area contributed by atoms with Crippen LogP contribution in [0.1, 0.15) is 34.6 Å². The van der Waals surface area contributed by atoms with Gasteiger partial charge in [-0.15, -0.1) is 0 Å². The molecule has 1 atom stereocenters. The molecule has 1 aliphatic carbocycles. The molecule has 0 nitrogen and oxygen atoms in total. The van der Waals surface area contributed by atoms with Crippen molar-refractivity contribution >= 4 is 0 Å². The second-order valence-corrected chi connectivity index (χ2v) is 5.46. The minimum absolute atomic E-state index is 0.0839. The van der Waals surface area contributed by atoms with Crippen LogP contribution in [0, 0.1) is 24.4 Å². The van der Waals surface area contributed by atoms with E-state index in [0.717, 1.165) is 17.5 Å². The van der Waals surface area contributed by atoms with Crippen molar-refractivity contribution in [2.75, 3.05) is 0 Å². The Morgan fingerprint density at radius 3 is 2.55 bits per heavy atom. The first kappa shape index (κ1) is 13.2. The molecule has 1 unspecified atom stereocenters. The molecular weight excluding hydrogens is 261 g/mol. The quantitative estimate of drug-likeness (QED) is 0.709. The Morgan fingerprint density at radius 1 is 1.00 bits per heavy atom. The first-order valence-electron chi connectivity index (χ1n) is 6.78. The van der Waals surface area contributed by atoms with Gasteiger partial charge in [0, 0.05) is 0 Å². The van der Waals surface area contributed by atoms with Crippen LogP contribution in [-0.4, -0.2) is 0 Å². The average molecular weight is 276 g/mol. The zero-order chi connectivity index (χ0) is 14.3. The molecule has 0 bridgehead atoms. The van der Waals surface area contributed by atoms with Crippen molar-refractivity contribution in [3.8, 4) is 0 Å². The lowest BCUT2D eigenvalue weighted by Gasteiger charge is -2.26. The Kier molecular flexibility index (Phi) is 3.28. The van der Waals surface area contributed by atoms with Crippen LogP contribution >= 0.6 is 0 Å². The summed E-state index contributed by atoms with van der Waals surface area (Å²) in [6, 6.07) is 7.91. The van der Waals surface area contributed by atoms with Crippen LogP contribution in [-0.2, 0) is 12.8 Å². The predicted molar refractivity (Wildman–Crippen MR) is 72.3 cm³/mol. The van der Waals surface area contributed by atoms with Crippen LogP contribution < -0.4 is 0 Å². The van der Waals surface area contributed by atoms with E-state index in [2.05, 4.69) is 0 Å². The van der Waals surface area contributed by atoms with Gasteiger partial charge in [-0.1, -0.05) is 18.2 Å². The van der Waals surface area contributed by atoms with Crippen LogP contribution in [0.25, 0.3) is 0 Å². The highest BCUT2D eigenvalue weighted by atomic mass is 19.2. The lowest BCUT2D eigenvalue weighted by atomic mass is 9.79. The highest BCUT2D eigenvalue weighted by molar-refractivity contribution is 5.36. The maximum absolute atomic E-state index is 14.0. The zero-order valence-electron chi connectivity index (χ0n) is 11.2. The van der Waals surface area contributed by atoms with Crippen LogP contribution in [0.3, 0.4) is 0 Å². The lowest BCUT2D eigenvalue weighted by molar-refractivity contribution is 0.470. The maximum Gasteiger partial charge on any atom is 0.162 e. The molecule has 0 fully saturated rings. The van der Waals surface area contributed by atoms with Crippen molar-refractivity contribution < 1.29 is 13.2 Å². The van der Waals surface area contributed by atoms with E-state index in [9.17, 15) is 13.2 Å². The SMILES string of the molecule is Cc1ccc(C2CCc3ccc(F)c(F)c3C2)c(F)c1. The highest BCUT2D eigenvalue weighted by Crippen LogP contribution is 2.35. The van der Waals surface area contributed by atoms with Gasteiger partial charge in [0.25, 0.3) is 0 Å². The highest BCUT2D eigenvalue weighted by Gasteiger charge is 2.25. The van der Waals surface area contributed by atoms with Crippen molar-refractivity contribution in [2.24, 2.45) is 0 Å². The van der Waals surface area contributed by atoms with Gasteiger partial charge in [0.2, 0.25) is 0 Å². The fourth-order valence-electron chi connectivity index (χ4n) is 2.99. The molecule has 2 aromatic carbocycles. The summed E-state index contributed by atoms with van der Waals surface area (Å²) < 4.78 is 41.2. The van der Waals surface area contributed by atoms with Gasteiger partial charge < -0.3 is 0 Å². The van der Waals surface area contributed by atoms with Crippen molar-refractivity contribution in [3.63, 3.8) is 0 Å². The van der Waals surface area contributed by atoms with Crippen molar-refractivity contribution in [3.05, 3.63) is 70.0 Å². The summed E-state index contributed by atoms with van der Waals surface area (Å²) in [5.41, 5.74) is 2.71.